The maximum absolute atomic E-state index is 10.1. The third-order valence-electron chi connectivity index (χ3n) is 4.06. The monoisotopic (exact) mass is 361 g/mol. The molecule has 0 radical (unpaired) electrons. The number of hydrogen-bond acceptors (Lipinski definition) is 6. The molecule has 0 fully saturated rings. The Morgan fingerprint density at radius 3 is 2.62 bits per heavy atom. The lowest BCUT2D eigenvalue weighted by molar-refractivity contribution is 0.475. The van der Waals surface area contributed by atoms with Crippen molar-refractivity contribution in [2.75, 3.05) is 11.4 Å². The topological polar surface area (TPSA) is 77.5 Å². The molecule has 0 aliphatic carbocycles. The minimum atomic E-state index is 0.223. The Balaban J connectivity index is 1.69. The first-order valence-electron chi connectivity index (χ1n) is 8.12. The zero-order valence-corrected chi connectivity index (χ0v) is 14.8. The van der Waals surface area contributed by atoms with Gasteiger partial charge in [-0.2, -0.15) is 5.26 Å². The van der Waals surface area contributed by atoms with Crippen LogP contribution in [0.15, 0.2) is 54.7 Å². The Bertz CT molecular complexity index is 1080. The molecule has 128 valence electrons. The number of para-hydroxylation sites is 2. The van der Waals surface area contributed by atoms with Crippen molar-refractivity contribution in [3.8, 4) is 23.1 Å². The van der Waals surface area contributed by atoms with Crippen LogP contribution in [0.5, 0.6) is 5.75 Å². The van der Waals surface area contributed by atoms with Crippen LogP contribution < -0.4 is 4.90 Å². The fourth-order valence-electron chi connectivity index (χ4n) is 2.75. The summed E-state index contributed by atoms with van der Waals surface area (Å²) in [5.74, 6) is 0.223. The highest BCUT2D eigenvalue weighted by atomic mass is 32.1. The van der Waals surface area contributed by atoms with Gasteiger partial charge < -0.3 is 10.0 Å². The number of hydrogen-bond donors (Lipinski definition) is 1. The lowest BCUT2D eigenvalue weighted by Crippen LogP contribution is -2.16. The standard InChI is InChI=1S/C19H15N5OS/c1-2-23(16-5-3-4-6-17(16)25)19-22-24-12-15(21-18(24)26-19)14-9-7-13(11-20)8-10-14/h3-10,12,25H,2H2,1H3. The van der Waals surface area contributed by atoms with E-state index in [4.69, 9.17) is 5.26 Å². The summed E-state index contributed by atoms with van der Waals surface area (Å²) >= 11 is 1.46. The summed E-state index contributed by atoms with van der Waals surface area (Å²) in [5.41, 5.74) is 3.09. The predicted molar refractivity (Wildman–Crippen MR) is 102 cm³/mol. The molecular weight excluding hydrogens is 346 g/mol. The summed E-state index contributed by atoms with van der Waals surface area (Å²) < 4.78 is 1.75. The van der Waals surface area contributed by atoms with Crippen molar-refractivity contribution in [2.24, 2.45) is 0 Å². The highest BCUT2D eigenvalue weighted by molar-refractivity contribution is 7.20. The normalized spacial score (nSPS) is 10.8. The Morgan fingerprint density at radius 2 is 1.96 bits per heavy atom. The smallest absolute Gasteiger partial charge is 0.214 e. The zero-order chi connectivity index (χ0) is 18.1. The van der Waals surface area contributed by atoms with Crippen LogP contribution in [0.25, 0.3) is 16.2 Å². The van der Waals surface area contributed by atoms with Gasteiger partial charge in [0.2, 0.25) is 10.1 Å². The van der Waals surface area contributed by atoms with Crippen LogP contribution in [0, 0.1) is 11.3 Å². The molecule has 0 spiro atoms. The van der Waals surface area contributed by atoms with E-state index in [9.17, 15) is 5.11 Å². The van der Waals surface area contributed by atoms with Crippen molar-refractivity contribution in [1.82, 2.24) is 14.6 Å². The van der Waals surface area contributed by atoms with Crippen LogP contribution in [0.4, 0.5) is 10.8 Å². The Hall–Kier alpha value is -3.37. The number of fused-ring (bicyclic) bond motifs is 1. The molecule has 4 aromatic rings. The van der Waals surface area contributed by atoms with E-state index in [1.54, 1.807) is 28.8 Å². The van der Waals surface area contributed by atoms with Gasteiger partial charge in [0.15, 0.2) is 0 Å². The molecule has 0 saturated heterocycles. The maximum atomic E-state index is 10.1. The molecule has 2 heterocycles. The highest BCUT2D eigenvalue weighted by Gasteiger charge is 2.17. The molecule has 2 aromatic heterocycles. The third-order valence-corrected chi connectivity index (χ3v) is 5.01. The zero-order valence-electron chi connectivity index (χ0n) is 14.0. The summed E-state index contributed by atoms with van der Waals surface area (Å²) in [5, 5.41) is 24.4. The molecule has 0 bridgehead atoms. The van der Waals surface area contributed by atoms with E-state index in [2.05, 4.69) is 16.2 Å². The fourth-order valence-corrected chi connectivity index (χ4v) is 3.72. The van der Waals surface area contributed by atoms with Gasteiger partial charge in [0.1, 0.15) is 5.75 Å². The van der Waals surface area contributed by atoms with Gasteiger partial charge in [-0.15, -0.1) is 5.10 Å². The van der Waals surface area contributed by atoms with E-state index in [0.29, 0.717) is 12.1 Å². The lowest BCUT2D eigenvalue weighted by atomic mass is 10.1. The molecule has 26 heavy (non-hydrogen) atoms. The molecule has 6 nitrogen and oxygen atoms in total. The number of aromatic hydroxyl groups is 1. The molecule has 0 saturated carbocycles. The summed E-state index contributed by atoms with van der Waals surface area (Å²) in [6.07, 6.45) is 1.87. The van der Waals surface area contributed by atoms with Gasteiger partial charge in [-0.1, -0.05) is 35.6 Å². The number of nitriles is 1. The van der Waals surface area contributed by atoms with Crippen molar-refractivity contribution in [3.63, 3.8) is 0 Å². The minimum absolute atomic E-state index is 0.223. The van der Waals surface area contributed by atoms with E-state index in [1.807, 2.05) is 42.3 Å². The molecule has 0 aliphatic rings. The van der Waals surface area contributed by atoms with E-state index in [0.717, 1.165) is 27.0 Å². The van der Waals surface area contributed by atoms with Crippen molar-refractivity contribution in [2.45, 2.75) is 6.92 Å². The first-order valence-corrected chi connectivity index (χ1v) is 8.93. The Kier molecular flexibility index (Phi) is 4.03. The van der Waals surface area contributed by atoms with Crippen LogP contribution >= 0.6 is 11.3 Å². The molecule has 1 N–H and O–H groups in total. The summed E-state index contributed by atoms with van der Waals surface area (Å²) in [4.78, 5) is 7.36. The Labute approximate surface area is 154 Å². The minimum Gasteiger partial charge on any atom is -0.506 e. The van der Waals surface area contributed by atoms with E-state index >= 15 is 0 Å². The molecule has 0 aliphatic heterocycles. The van der Waals surface area contributed by atoms with Gasteiger partial charge >= 0.3 is 0 Å². The summed E-state index contributed by atoms with van der Waals surface area (Å²) in [6, 6.07) is 16.6. The average molecular weight is 361 g/mol. The van der Waals surface area contributed by atoms with Crippen LogP contribution in [0.2, 0.25) is 0 Å². The van der Waals surface area contributed by atoms with E-state index in [1.165, 1.54) is 11.3 Å². The SMILES string of the molecule is CCN(c1nn2cc(-c3ccc(C#N)cc3)nc2s1)c1ccccc1O. The van der Waals surface area contributed by atoms with Crippen molar-refractivity contribution in [3.05, 3.63) is 60.3 Å². The second-order valence-electron chi connectivity index (χ2n) is 5.66. The molecular formula is C19H15N5OS. The van der Waals surface area contributed by atoms with Crippen molar-refractivity contribution < 1.29 is 5.11 Å². The molecule has 0 atom stereocenters. The molecule has 2 aromatic carbocycles. The first-order chi connectivity index (χ1) is 12.7. The molecule has 7 heteroatoms. The summed E-state index contributed by atoms with van der Waals surface area (Å²) in [7, 11) is 0. The van der Waals surface area contributed by atoms with Gasteiger partial charge in [-0.05, 0) is 31.2 Å². The first kappa shape index (κ1) is 16.1. The van der Waals surface area contributed by atoms with E-state index in [-0.39, 0.29) is 5.75 Å². The fraction of sp³-hybridized carbons (Fsp3) is 0.105. The van der Waals surface area contributed by atoms with Crippen LogP contribution in [0.1, 0.15) is 12.5 Å². The molecule has 0 amide bonds. The number of anilines is 2. The molecule has 4 rings (SSSR count). The van der Waals surface area contributed by atoms with Crippen LogP contribution in [0.3, 0.4) is 0 Å². The predicted octanol–water partition coefficient (Wildman–Crippen LogP) is 4.19. The van der Waals surface area contributed by atoms with Crippen LogP contribution in [-0.4, -0.2) is 26.2 Å². The number of benzene rings is 2. The second kappa shape index (κ2) is 6.50. The van der Waals surface area contributed by atoms with Crippen molar-refractivity contribution in [1.29, 1.82) is 5.26 Å². The number of nitrogens with zero attached hydrogens (tertiary/aromatic N) is 5. The number of imidazole rings is 1. The van der Waals surface area contributed by atoms with Crippen LogP contribution in [-0.2, 0) is 0 Å². The number of phenolic OH excluding ortho intramolecular Hbond substituents is 1. The quantitative estimate of drug-likeness (QED) is 0.590. The Morgan fingerprint density at radius 1 is 1.19 bits per heavy atom. The number of rotatable bonds is 4. The number of aromatic nitrogens is 3. The van der Waals surface area contributed by atoms with Gasteiger partial charge in [0.05, 0.1) is 29.2 Å². The molecule has 0 unspecified atom stereocenters. The van der Waals surface area contributed by atoms with Crippen molar-refractivity contribution >= 4 is 27.1 Å². The van der Waals surface area contributed by atoms with E-state index < -0.39 is 0 Å². The average Bonchev–Trinajstić information content (AvgIpc) is 3.23. The van der Waals surface area contributed by atoms with Gasteiger partial charge in [-0.25, -0.2) is 9.50 Å². The second-order valence-corrected chi connectivity index (χ2v) is 6.59. The largest absolute Gasteiger partial charge is 0.506 e. The van der Waals surface area contributed by atoms with Gasteiger partial charge in [0.25, 0.3) is 0 Å². The lowest BCUT2D eigenvalue weighted by Gasteiger charge is -2.20. The third kappa shape index (κ3) is 2.76. The summed E-state index contributed by atoms with van der Waals surface area (Å²) in [6.45, 7) is 2.69. The number of phenols is 1. The highest BCUT2D eigenvalue weighted by Crippen LogP contribution is 2.35. The maximum Gasteiger partial charge on any atom is 0.214 e. The van der Waals surface area contributed by atoms with Gasteiger partial charge in [-0.3, -0.25) is 0 Å². The van der Waals surface area contributed by atoms with Gasteiger partial charge in [0, 0.05) is 12.1 Å².